The molecule has 0 bridgehead atoms. The predicted molar refractivity (Wildman–Crippen MR) is 151 cm³/mol. The molecule has 6 rings (SSSR count). The molecule has 37 heavy (non-hydrogen) atoms. The van der Waals surface area contributed by atoms with Crippen LogP contribution >= 0.6 is 15.9 Å². The van der Waals surface area contributed by atoms with Gasteiger partial charge in [0, 0.05) is 69.9 Å². The quantitative estimate of drug-likeness (QED) is 0.436. The molecule has 10 heteroatoms. The van der Waals surface area contributed by atoms with Gasteiger partial charge in [-0.05, 0) is 84.8 Å². The van der Waals surface area contributed by atoms with Gasteiger partial charge in [-0.1, -0.05) is 0 Å². The van der Waals surface area contributed by atoms with Gasteiger partial charge >= 0.3 is 6.03 Å². The fraction of sp³-hybridized carbons (Fsp3) is 0.593. The second-order valence-electron chi connectivity index (χ2n) is 10.8. The Balaban J connectivity index is 1.07. The minimum atomic E-state index is 0.210. The van der Waals surface area contributed by atoms with Gasteiger partial charge in [-0.25, -0.2) is 9.78 Å². The molecular weight excluding hydrogens is 532 g/mol. The zero-order chi connectivity index (χ0) is 25.4. The number of urea groups is 1. The number of rotatable bonds is 9. The van der Waals surface area contributed by atoms with Crippen molar-refractivity contribution in [2.24, 2.45) is 0 Å². The van der Waals surface area contributed by atoms with Crippen molar-refractivity contribution >= 4 is 45.1 Å². The molecule has 1 atom stereocenters. The molecule has 2 amide bonds. The fourth-order valence-electron chi connectivity index (χ4n) is 5.78. The van der Waals surface area contributed by atoms with E-state index in [-0.39, 0.29) is 6.03 Å². The van der Waals surface area contributed by atoms with Crippen LogP contribution in [-0.4, -0.2) is 96.1 Å². The second kappa shape index (κ2) is 10.6. The van der Waals surface area contributed by atoms with Gasteiger partial charge in [-0.15, -0.1) is 0 Å². The van der Waals surface area contributed by atoms with Crippen molar-refractivity contribution in [1.82, 2.24) is 24.7 Å². The highest BCUT2D eigenvalue weighted by Gasteiger charge is 2.39. The Morgan fingerprint density at radius 2 is 1.95 bits per heavy atom. The van der Waals surface area contributed by atoms with E-state index in [4.69, 9.17) is 4.98 Å². The Morgan fingerprint density at radius 3 is 2.73 bits per heavy atom. The van der Waals surface area contributed by atoms with E-state index in [9.17, 15) is 4.79 Å². The lowest BCUT2D eigenvalue weighted by molar-refractivity contribution is 0.193. The van der Waals surface area contributed by atoms with Crippen molar-refractivity contribution in [2.75, 3.05) is 74.9 Å². The van der Waals surface area contributed by atoms with Crippen LogP contribution in [-0.2, 0) is 0 Å². The van der Waals surface area contributed by atoms with Crippen LogP contribution in [0.2, 0.25) is 0 Å². The van der Waals surface area contributed by atoms with Crippen LogP contribution in [0.25, 0.3) is 0 Å². The standard InChI is InChI=1S/C27H37BrN8O/c1-33-12-14-34(15-13-33)20-7-8-24(22(16-20)19-5-6-19)31-26-30-17-23(28)25(32-26)29-9-3-10-35-18-21-4-2-11-36(21)27(35)37/h7-8,16-17,19,21H,2-6,9-15,18H2,1H3,(H2,29,30,31,32)/t21-/m0/s1. The lowest BCUT2D eigenvalue weighted by atomic mass is 10.1. The number of halogens is 1. The lowest BCUT2D eigenvalue weighted by Crippen LogP contribution is -2.44. The number of benzene rings is 1. The highest BCUT2D eigenvalue weighted by Crippen LogP contribution is 2.45. The Labute approximate surface area is 227 Å². The van der Waals surface area contributed by atoms with Gasteiger partial charge in [-0.3, -0.25) is 0 Å². The van der Waals surface area contributed by atoms with E-state index in [1.807, 2.05) is 9.80 Å². The topological polar surface area (TPSA) is 79.9 Å². The predicted octanol–water partition coefficient (Wildman–Crippen LogP) is 4.31. The third kappa shape index (κ3) is 5.50. The average Bonchev–Trinajstić information content (AvgIpc) is 3.57. The van der Waals surface area contributed by atoms with Crippen molar-refractivity contribution in [3.8, 4) is 0 Å². The molecule has 3 aliphatic heterocycles. The van der Waals surface area contributed by atoms with Gasteiger partial charge in [0.15, 0.2) is 0 Å². The number of hydrogen-bond donors (Lipinski definition) is 2. The molecule has 1 aliphatic carbocycles. The first-order chi connectivity index (χ1) is 18.0. The number of nitrogens with zero attached hydrogens (tertiary/aromatic N) is 6. The van der Waals surface area contributed by atoms with Crippen LogP contribution in [0.3, 0.4) is 0 Å². The zero-order valence-corrected chi connectivity index (χ0v) is 23.2. The van der Waals surface area contributed by atoms with Gasteiger partial charge in [-0.2, -0.15) is 4.98 Å². The van der Waals surface area contributed by atoms with Crippen molar-refractivity contribution < 1.29 is 4.79 Å². The summed E-state index contributed by atoms with van der Waals surface area (Å²) in [6, 6.07) is 7.43. The largest absolute Gasteiger partial charge is 0.369 e. The molecule has 3 saturated heterocycles. The molecular formula is C27H37BrN8O. The van der Waals surface area contributed by atoms with E-state index in [0.717, 1.165) is 87.6 Å². The Bertz CT molecular complexity index is 1130. The first-order valence-electron chi connectivity index (χ1n) is 13.7. The number of aromatic nitrogens is 2. The van der Waals surface area contributed by atoms with Crippen LogP contribution in [0.5, 0.6) is 0 Å². The molecule has 2 aromatic rings. The average molecular weight is 570 g/mol. The normalized spacial score (nSPS) is 22.1. The summed E-state index contributed by atoms with van der Waals surface area (Å²) in [5.74, 6) is 1.98. The zero-order valence-electron chi connectivity index (χ0n) is 21.6. The molecule has 1 saturated carbocycles. The molecule has 1 aromatic heterocycles. The van der Waals surface area contributed by atoms with Gasteiger partial charge in [0.2, 0.25) is 5.95 Å². The Morgan fingerprint density at radius 1 is 1.11 bits per heavy atom. The lowest BCUT2D eigenvalue weighted by Gasteiger charge is -2.34. The van der Waals surface area contributed by atoms with Crippen LogP contribution in [0.1, 0.15) is 43.6 Å². The summed E-state index contributed by atoms with van der Waals surface area (Å²) in [4.78, 5) is 30.7. The minimum absolute atomic E-state index is 0.210. The van der Waals surface area contributed by atoms with Crippen molar-refractivity contribution in [1.29, 1.82) is 0 Å². The summed E-state index contributed by atoms with van der Waals surface area (Å²) in [7, 11) is 2.19. The first-order valence-corrected chi connectivity index (χ1v) is 14.5. The number of amides is 2. The van der Waals surface area contributed by atoms with E-state index in [0.29, 0.717) is 17.9 Å². The van der Waals surface area contributed by atoms with Gasteiger partial charge in [0.25, 0.3) is 0 Å². The summed E-state index contributed by atoms with van der Waals surface area (Å²) in [6.07, 6.45) is 7.45. The summed E-state index contributed by atoms with van der Waals surface area (Å²) in [5.41, 5.74) is 3.78. The summed E-state index contributed by atoms with van der Waals surface area (Å²) >= 11 is 3.59. The smallest absolute Gasteiger partial charge is 0.320 e. The highest BCUT2D eigenvalue weighted by molar-refractivity contribution is 9.10. The Kier molecular flexibility index (Phi) is 7.12. The minimum Gasteiger partial charge on any atom is -0.369 e. The summed E-state index contributed by atoms with van der Waals surface area (Å²) < 4.78 is 0.837. The molecule has 1 aromatic carbocycles. The highest BCUT2D eigenvalue weighted by atomic mass is 79.9. The van der Waals surface area contributed by atoms with Crippen LogP contribution in [0.15, 0.2) is 28.9 Å². The number of hydrogen-bond acceptors (Lipinski definition) is 7. The Hall–Kier alpha value is -2.59. The van der Waals surface area contributed by atoms with E-state index >= 15 is 0 Å². The molecule has 9 nitrogen and oxygen atoms in total. The SMILES string of the molecule is CN1CCN(c2ccc(Nc3ncc(Br)c(NCCCN4C[C@@H]5CCCN5C4=O)n3)c(C3CC3)c2)CC1. The molecule has 2 N–H and O–H groups in total. The number of carbonyl (C=O) groups excluding carboxylic acids is 1. The molecule has 4 heterocycles. The monoisotopic (exact) mass is 568 g/mol. The van der Waals surface area contributed by atoms with Crippen LogP contribution < -0.4 is 15.5 Å². The number of likely N-dealkylation sites (N-methyl/N-ethyl adjacent to an activating group) is 1. The van der Waals surface area contributed by atoms with Crippen LogP contribution in [0, 0.1) is 0 Å². The number of anilines is 4. The van der Waals surface area contributed by atoms with E-state index < -0.39 is 0 Å². The molecule has 0 spiro atoms. The number of piperazine rings is 1. The second-order valence-corrected chi connectivity index (χ2v) is 11.7. The van der Waals surface area contributed by atoms with Crippen molar-refractivity contribution in [2.45, 2.75) is 44.1 Å². The molecule has 4 aliphatic rings. The molecule has 0 unspecified atom stereocenters. The third-order valence-electron chi connectivity index (χ3n) is 8.13. The maximum Gasteiger partial charge on any atom is 0.320 e. The van der Waals surface area contributed by atoms with Gasteiger partial charge < -0.3 is 30.2 Å². The maximum atomic E-state index is 12.5. The van der Waals surface area contributed by atoms with Gasteiger partial charge in [0.1, 0.15) is 5.82 Å². The van der Waals surface area contributed by atoms with E-state index in [2.05, 4.69) is 66.6 Å². The van der Waals surface area contributed by atoms with E-state index in [1.54, 1.807) is 6.20 Å². The molecule has 198 valence electrons. The molecule has 0 radical (unpaired) electrons. The number of nitrogens with one attached hydrogen (secondary N) is 2. The molecule has 4 fully saturated rings. The van der Waals surface area contributed by atoms with Crippen molar-refractivity contribution in [3.05, 3.63) is 34.4 Å². The number of fused-ring (bicyclic) bond motifs is 1. The first kappa shape index (κ1) is 24.7. The van der Waals surface area contributed by atoms with Crippen molar-refractivity contribution in [3.63, 3.8) is 0 Å². The summed E-state index contributed by atoms with van der Waals surface area (Å²) in [5, 5.41) is 6.93. The van der Waals surface area contributed by atoms with Crippen LogP contribution in [0.4, 0.5) is 27.9 Å². The fourth-order valence-corrected chi connectivity index (χ4v) is 6.12. The third-order valence-corrected chi connectivity index (χ3v) is 8.71. The summed E-state index contributed by atoms with van der Waals surface area (Å²) in [6.45, 7) is 7.67. The number of carbonyl (C=O) groups is 1. The van der Waals surface area contributed by atoms with E-state index in [1.165, 1.54) is 24.1 Å². The maximum absolute atomic E-state index is 12.5. The van der Waals surface area contributed by atoms with Gasteiger partial charge in [0.05, 0.1) is 10.5 Å².